The maximum Gasteiger partial charge on any atom is 0.0658 e. The molecular formula is C15H22Br2N2. The highest BCUT2D eigenvalue weighted by Gasteiger charge is 2.36. The largest absolute Gasteiger partial charge is 0.364 e. The molecule has 1 N–H and O–H groups in total. The maximum atomic E-state index is 3.75. The molecule has 1 fully saturated rings. The number of nitrogens with one attached hydrogen (secondary N) is 1. The third-order valence-corrected chi connectivity index (χ3v) is 5.64. The summed E-state index contributed by atoms with van der Waals surface area (Å²) in [6.07, 6.45) is 2.32. The van der Waals surface area contributed by atoms with Crippen molar-refractivity contribution in [3.05, 3.63) is 27.1 Å². The Labute approximate surface area is 133 Å². The molecule has 0 bridgehead atoms. The van der Waals surface area contributed by atoms with Crippen molar-refractivity contribution in [2.24, 2.45) is 0 Å². The van der Waals surface area contributed by atoms with Crippen LogP contribution in [0.5, 0.6) is 0 Å². The molecule has 4 heteroatoms. The van der Waals surface area contributed by atoms with Gasteiger partial charge in [0.1, 0.15) is 0 Å². The van der Waals surface area contributed by atoms with E-state index in [1.807, 2.05) is 0 Å². The van der Waals surface area contributed by atoms with Gasteiger partial charge >= 0.3 is 0 Å². The fraction of sp³-hybridized carbons (Fsp3) is 0.600. The Balaban J connectivity index is 2.36. The zero-order valence-electron chi connectivity index (χ0n) is 11.8. The highest BCUT2D eigenvalue weighted by atomic mass is 79.9. The van der Waals surface area contributed by atoms with Crippen molar-refractivity contribution in [3.63, 3.8) is 0 Å². The van der Waals surface area contributed by atoms with Gasteiger partial charge in [-0.2, -0.15) is 0 Å². The quantitative estimate of drug-likeness (QED) is 0.814. The Morgan fingerprint density at radius 1 is 1.26 bits per heavy atom. The van der Waals surface area contributed by atoms with E-state index < -0.39 is 0 Å². The SMILES string of the molecule is CCC1(CC)CN(c2c(Br)cccc2Br)C(C)CN1. The predicted molar refractivity (Wildman–Crippen MR) is 90.0 cm³/mol. The van der Waals surface area contributed by atoms with Crippen molar-refractivity contribution < 1.29 is 0 Å². The number of benzene rings is 1. The van der Waals surface area contributed by atoms with E-state index >= 15 is 0 Å². The molecule has 1 aliphatic rings. The zero-order chi connectivity index (χ0) is 14.0. The van der Waals surface area contributed by atoms with Crippen LogP contribution < -0.4 is 10.2 Å². The second kappa shape index (κ2) is 6.15. The molecule has 0 aliphatic carbocycles. The number of hydrogen-bond donors (Lipinski definition) is 1. The van der Waals surface area contributed by atoms with Gasteiger partial charge in [0.15, 0.2) is 0 Å². The van der Waals surface area contributed by atoms with Gasteiger partial charge < -0.3 is 10.2 Å². The number of piperazine rings is 1. The molecule has 106 valence electrons. The molecule has 1 heterocycles. The van der Waals surface area contributed by atoms with E-state index in [0.29, 0.717) is 6.04 Å². The van der Waals surface area contributed by atoms with Gasteiger partial charge in [-0.3, -0.25) is 0 Å². The van der Waals surface area contributed by atoms with Crippen molar-refractivity contribution in [1.29, 1.82) is 0 Å². The first-order valence-electron chi connectivity index (χ1n) is 6.98. The van der Waals surface area contributed by atoms with E-state index in [2.05, 4.69) is 81.0 Å². The van der Waals surface area contributed by atoms with E-state index in [4.69, 9.17) is 0 Å². The summed E-state index contributed by atoms with van der Waals surface area (Å²) in [4.78, 5) is 2.53. The van der Waals surface area contributed by atoms with E-state index in [0.717, 1.165) is 34.9 Å². The van der Waals surface area contributed by atoms with Crippen LogP contribution in [0.2, 0.25) is 0 Å². The maximum absolute atomic E-state index is 3.75. The molecule has 1 unspecified atom stereocenters. The molecule has 2 nitrogen and oxygen atoms in total. The topological polar surface area (TPSA) is 15.3 Å². The number of halogens is 2. The second-order valence-corrected chi connectivity index (χ2v) is 7.12. The molecule has 1 saturated heterocycles. The van der Waals surface area contributed by atoms with Crippen LogP contribution in [-0.4, -0.2) is 24.7 Å². The van der Waals surface area contributed by atoms with E-state index in [9.17, 15) is 0 Å². The molecule has 0 saturated carbocycles. The smallest absolute Gasteiger partial charge is 0.0658 e. The van der Waals surface area contributed by atoms with Crippen LogP contribution in [0.4, 0.5) is 5.69 Å². The average molecular weight is 390 g/mol. The molecule has 19 heavy (non-hydrogen) atoms. The Hall–Kier alpha value is -0.0600. The molecule has 1 aliphatic heterocycles. The molecule has 0 amide bonds. The van der Waals surface area contributed by atoms with Crippen molar-refractivity contribution in [3.8, 4) is 0 Å². The van der Waals surface area contributed by atoms with Gasteiger partial charge in [0.05, 0.1) is 5.69 Å². The van der Waals surface area contributed by atoms with Crippen LogP contribution in [0.25, 0.3) is 0 Å². The van der Waals surface area contributed by atoms with Crippen LogP contribution in [0.3, 0.4) is 0 Å². The fourth-order valence-electron chi connectivity index (χ4n) is 2.80. The second-order valence-electron chi connectivity index (χ2n) is 5.42. The van der Waals surface area contributed by atoms with Gasteiger partial charge in [0.25, 0.3) is 0 Å². The van der Waals surface area contributed by atoms with Crippen molar-refractivity contribution in [1.82, 2.24) is 5.32 Å². The summed E-state index contributed by atoms with van der Waals surface area (Å²) < 4.78 is 2.33. The first-order valence-corrected chi connectivity index (χ1v) is 8.57. The molecule has 1 aromatic carbocycles. The summed E-state index contributed by atoms with van der Waals surface area (Å²) in [6, 6.07) is 6.81. The molecular weight excluding hydrogens is 368 g/mol. The monoisotopic (exact) mass is 388 g/mol. The minimum absolute atomic E-state index is 0.237. The summed E-state index contributed by atoms with van der Waals surface area (Å²) in [5, 5.41) is 3.75. The van der Waals surface area contributed by atoms with Gasteiger partial charge in [-0.05, 0) is 63.8 Å². The number of rotatable bonds is 3. The fourth-order valence-corrected chi connectivity index (χ4v) is 4.25. The van der Waals surface area contributed by atoms with Crippen molar-refractivity contribution >= 4 is 37.5 Å². The lowest BCUT2D eigenvalue weighted by molar-refractivity contribution is 0.253. The lowest BCUT2D eigenvalue weighted by Crippen LogP contribution is -2.63. The van der Waals surface area contributed by atoms with E-state index in [1.165, 1.54) is 5.69 Å². The summed E-state index contributed by atoms with van der Waals surface area (Å²) in [7, 11) is 0. The normalized spacial score (nSPS) is 22.6. The number of anilines is 1. The zero-order valence-corrected chi connectivity index (χ0v) is 15.0. The van der Waals surface area contributed by atoms with Crippen molar-refractivity contribution in [2.45, 2.75) is 45.2 Å². The number of para-hydroxylation sites is 1. The van der Waals surface area contributed by atoms with Crippen LogP contribution >= 0.6 is 31.9 Å². The number of nitrogens with zero attached hydrogens (tertiary/aromatic N) is 1. The highest BCUT2D eigenvalue weighted by molar-refractivity contribution is 9.11. The highest BCUT2D eigenvalue weighted by Crippen LogP contribution is 2.37. The first kappa shape index (κ1) is 15.3. The van der Waals surface area contributed by atoms with Gasteiger partial charge in [0.2, 0.25) is 0 Å². The molecule has 0 aromatic heterocycles. The Morgan fingerprint density at radius 2 is 1.84 bits per heavy atom. The summed E-state index contributed by atoms with van der Waals surface area (Å²) >= 11 is 7.40. The third kappa shape index (κ3) is 3.01. The summed E-state index contributed by atoms with van der Waals surface area (Å²) in [6.45, 7) is 8.94. The van der Waals surface area contributed by atoms with Crippen LogP contribution in [0, 0.1) is 0 Å². The summed E-state index contributed by atoms with van der Waals surface area (Å²) in [5.74, 6) is 0. The van der Waals surface area contributed by atoms with Crippen LogP contribution in [-0.2, 0) is 0 Å². The van der Waals surface area contributed by atoms with Crippen molar-refractivity contribution in [2.75, 3.05) is 18.0 Å². The van der Waals surface area contributed by atoms with Gasteiger partial charge in [0, 0.05) is 33.6 Å². The Kier molecular flexibility index (Phi) is 4.96. The van der Waals surface area contributed by atoms with Gasteiger partial charge in [-0.15, -0.1) is 0 Å². The molecule has 1 aromatic rings. The van der Waals surface area contributed by atoms with Crippen LogP contribution in [0.1, 0.15) is 33.6 Å². The average Bonchev–Trinajstić information content (AvgIpc) is 2.41. The Morgan fingerprint density at radius 3 is 2.37 bits per heavy atom. The standard InChI is InChI=1S/C15H22Br2N2/c1-4-15(5-2)10-19(11(3)9-18-15)14-12(16)7-6-8-13(14)17/h6-8,11,18H,4-5,9-10H2,1-3H3. The molecule has 1 atom stereocenters. The summed E-state index contributed by atoms with van der Waals surface area (Å²) in [5.41, 5.74) is 1.52. The molecule has 2 rings (SSSR count). The van der Waals surface area contributed by atoms with Gasteiger partial charge in [-0.1, -0.05) is 19.9 Å². The van der Waals surface area contributed by atoms with Crippen LogP contribution in [0.15, 0.2) is 27.1 Å². The van der Waals surface area contributed by atoms with E-state index in [-0.39, 0.29) is 5.54 Å². The molecule has 0 radical (unpaired) electrons. The predicted octanol–water partition coefficient (Wildman–Crippen LogP) is 4.57. The lowest BCUT2D eigenvalue weighted by atomic mass is 9.88. The first-order chi connectivity index (χ1) is 9.03. The van der Waals surface area contributed by atoms with Gasteiger partial charge in [-0.25, -0.2) is 0 Å². The Bertz CT molecular complexity index is 424. The lowest BCUT2D eigenvalue weighted by Gasteiger charge is -2.48. The third-order valence-electron chi connectivity index (χ3n) is 4.36. The van der Waals surface area contributed by atoms with E-state index in [1.54, 1.807) is 0 Å². The minimum Gasteiger partial charge on any atom is -0.364 e. The number of hydrogen-bond acceptors (Lipinski definition) is 2. The molecule has 0 spiro atoms. The minimum atomic E-state index is 0.237.